The van der Waals surface area contributed by atoms with Crippen LogP contribution in [-0.2, 0) is 15.7 Å². The van der Waals surface area contributed by atoms with Crippen LogP contribution in [0.5, 0.6) is 11.5 Å². The predicted octanol–water partition coefficient (Wildman–Crippen LogP) is 8.22. The second-order valence-corrected chi connectivity index (χ2v) is 13.0. The highest BCUT2D eigenvalue weighted by atomic mass is 35.5. The number of hydrogen-bond donors (Lipinski definition) is 0. The molecular formula is C29H32ClF4N3O5S. The number of halogens is 5. The van der Waals surface area contributed by atoms with Gasteiger partial charge in [0.05, 0.1) is 29.3 Å². The Kier molecular flexibility index (Phi) is 9.20. The van der Waals surface area contributed by atoms with Crippen molar-refractivity contribution in [2.45, 2.75) is 78.1 Å². The monoisotopic (exact) mass is 645 g/mol. The van der Waals surface area contributed by atoms with Crippen LogP contribution in [0.1, 0.15) is 54.0 Å². The molecule has 1 aliphatic rings. The van der Waals surface area contributed by atoms with Crippen molar-refractivity contribution in [3.63, 3.8) is 0 Å². The predicted molar refractivity (Wildman–Crippen MR) is 154 cm³/mol. The van der Waals surface area contributed by atoms with Gasteiger partial charge >= 0.3 is 12.3 Å². The van der Waals surface area contributed by atoms with Crippen molar-refractivity contribution in [1.29, 1.82) is 0 Å². The molecule has 1 fully saturated rings. The number of rotatable bonds is 7. The van der Waals surface area contributed by atoms with E-state index < -0.39 is 47.1 Å². The molecule has 14 heteroatoms. The molecule has 0 radical (unpaired) electrons. The van der Waals surface area contributed by atoms with E-state index in [2.05, 4.69) is 10.2 Å². The number of carbonyl (C=O) groups excluding carboxylic acids is 1. The lowest BCUT2D eigenvalue weighted by Crippen LogP contribution is -2.51. The molecule has 0 spiro atoms. The van der Waals surface area contributed by atoms with Crippen LogP contribution in [0.15, 0.2) is 30.3 Å². The molecule has 1 amide bonds. The first-order chi connectivity index (χ1) is 19.9. The molecular weight excluding hydrogens is 614 g/mol. The van der Waals surface area contributed by atoms with E-state index in [0.29, 0.717) is 0 Å². The molecule has 2 heterocycles. The third-order valence-corrected chi connectivity index (χ3v) is 7.49. The number of hydrogen-bond acceptors (Lipinski definition) is 8. The number of benzene rings is 2. The molecule has 1 atom stereocenters. The first-order valence-electron chi connectivity index (χ1n) is 13.4. The van der Waals surface area contributed by atoms with Crippen molar-refractivity contribution in [1.82, 2.24) is 15.1 Å². The molecule has 0 saturated carbocycles. The summed E-state index contributed by atoms with van der Waals surface area (Å²) >= 11 is 7.41. The minimum atomic E-state index is -4.65. The smallest absolute Gasteiger partial charge is 0.419 e. The molecule has 1 saturated heterocycles. The van der Waals surface area contributed by atoms with Gasteiger partial charge < -0.3 is 18.9 Å². The summed E-state index contributed by atoms with van der Waals surface area (Å²) in [5.74, 6) is -1.21. The highest BCUT2D eigenvalue weighted by Crippen LogP contribution is 2.42. The largest absolute Gasteiger partial charge is 0.490 e. The number of amides is 1. The zero-order valence-corrected chi connectivity index (χ0v) is 26.2. The molecule has 1 aliphatic heterocycles. The summed E-state index contributed by atoms with van der Waals surface area (Å²) in [6.45, 7) is 12.0. The lowest BCUT2D eigenvalue weighted by Gasteiger charge is -2.35. The van der Waals surface area contributed by atoms with E-state index in [1.807, 2.05) is 0 Å². The minimum absolute atomic E-state index is 0.0859. The fourth-order valence-electron chi connectivity index (χ4n) is 4.37. The summed E-state index contributed by atoms with van der Waals surface area (Å²) in [6.07, 6.45) is -5.69. The Morgan fingerprint density at radius 3 is 2.44 bits per heavy atom. The maximum Gasteiger partial charge on any atom is 0.419 e. The van der Waals surface area contributed by atoms with Crippen molar-refractivity contribution in [3.05, 3.63) is 46.7 Å². The molecule has 0 aliphatic carbocycles. The van der Waals surface area contributed by atoms with Crippen molar-refractivity contribution < 1.29 is 41.3 Å². The van der Waals surface area contributed by atoms with Crippen LogP contribution in [0.3, 0.4) is 0 Å². The summed E-state index contributed by atoms with van der Waals surface area (Å²) in [7, 11) is 0. The molecule has 3 aromatic rings. The summed E-state index contributed by atoms with van der Waals surface area (Å²) < 4.78 is 78.6. The average Bonchev–Trinajstić information content (AvgIpc) is 3.46. The highest BCUT2D eigenvalue weighted by molar-refractivity contribution is 7.18. The Labute approximate surface area is 255 Å². The quantitative estimate of drug-likeness (QED) is 0.239. The van der Waals surface area contributed by atoms with E-state index in [4.69, 9.17) is 30.5 Å². The first kappa shape index (κ1) is 32.7. The first-order valence-corrected chi connectivity index (χ1v) is 14.6. The second-order valence-electron chi connectivity index (χ2n) is 11.6. The molecule has 1 aromatic heterocycles. The Morgan fingerprint density at radius 1 is 1.14 bits per heavy atom. The lowest BCUT2D eigenvalue weighted by molar-refractivity contribution is -0.139. The zero-order valence-electron chi connectivity index (χ0n) is 24.6. The number of nitrogens with zero attached hydrogens (tertiary/aromatic N) is 3. The van der Waals surface area contributed by atoms with E-state index in [1.165, 1.54) is 23.1 Å². The van der Waals surface area contributed by atoms with Gasteiger partial charge in [-0.1, -0.05) is 22.9 Å². The maximum absolute atomic E-state index is 15.2. The molecule has 8 nitrogen and oxygen atoms in total. The third-order valence-electron chi connectivity index (χ3n) is 6.17. The highest BCUT2D eigenvalue weighted by Gasteiger charge is 2.46. The van der Waals surface area contributed by atoms with Crippen molar-refractivity contribution in [3.8, 4) is 32.6 Å². The molecule has 0 N–H and O–H groups in total. The zero-order chi connectivity index (χ0) is 31.9. The van der Waals surface area contributed by atoms with E-state index >= 15 is 4.39 Å². The van der Waals surface area contributed by atoms with Gasteiger partial charge in [-0.05, 0) is 72.7 Å². The fraction of sp³-hybridized carbons (Fsp3) is 0.483. The van der Waals surface area contributed by atoms with Crippen LogP contribution >= 0.6 is 22.9 Å². The summed E-state index contributed by atoms with van der Waals surface area (Å²) in [5, 5.41) is 8.50. The lowest BCUT2D eigenvalue weighted by atomic mass is 10.1. The average molecular weight is 646 g/mol. The van der Waals surface area contributed by atoms with Gasteiger partial charge in [-0.25, -0.2) is 9.18 Å². The minimum Gasteiger partial charge on any atom is -0.490 e. The fourth-order valence-corrected chi connectivity index (χ4v) is 5.53. The molecule has 0 unspecified atom stereocenters. The summed E-state index contributed by atoms with van der Waals surface area (Å²) in [4.78, 5) is 14.3. The topological polar surface area (TPSA) is 83.0 Å². The van der Waals surface area contributed by atoms with Gasteiger partial charge in [0.1, 0.15) is 33.7 Å². The Morgan fingerprint density at radius 2 is 1.81 bits per heavy atom. The Balaban J connectivity index is 1.53. The summed E-state index contributed by atoms with van der Waals surface area (Å²) in [6, 6.07) is 5.45. The number of carbonyl (C=O) groups is 1. The van der Waals surface area contributed by atoms with Gasteiger partial charge in [0.2, 0.25) is 0 Å². The Hall–Kier alpha value is -3.16. The number of alkyl halides is 3. The third kappa shape index (κ3) is 7.68. The van der Waals surface area contributed by atoms with Crippen LogP contribution in [-0.4, -0.2) is 57.9 Å². The van der Waals surface area contributed by atoms with Crippen molar-refractivity contribution in [2.75, 3.05) is 13.2 Å². The molecule has 4 rings (SSSR count). The Bertz CT molecular complexity index is 1490. The van der Waals surface area contributed by atoms with Crippen LogP contribution in [0.2, 0.25) is 5.02 Å². The second kappa shape index (κ2) is 12.1. The normalized spacial score (nSPS) is 17.0. The molecule has 43 heavy (non-hydrogen) atoms. The van der Waals surface area contributed by atoms with Gasteiger partial charge in [-0.3, -0.25) is 4.90 Å². The van der Waals surface area contributed by atoms with Crippen LogP contribution in [0, 0.1) is 5.82 Å². The van der Waals surface area contributed by atoms with E-state index in [1.54, 1.807) is 48.5 Å². The van der Waals surface area contributed by atoms with Gasteiger partial charge in [0, 0.05) is 17.2 Å². The number of aromatic nitrogens is 2. The van der Waals surface area contributed by atoms with Crippen molar-refractivity contribution >= 4 is 29.0 Å². The SMILES string of the molecule is CC(C)Oc1ccc(-c2nnc(-c3cc(F)c(OC[C@H]4COC(C)(C)N4C(=O)OC(C)(C)C)cc3Cl)s2)cc1C(F)(F)F. The van der Waals surface area contributed by atoms with Gasteiger partial charge in [0.25, 0.3) is 0 Å². The number of ether oxygens (including phenoxy) is 4. The van der Waals surface area contributed by atoms with Crippen LogP contribution in [0.25, 0.3) is 21.1 Å². The molecule has 0 bridgehead atoms. The van der Waals surface area contributed by atoms with Crippen LogP contribution in [0.4, 0.5) is 22.4 Å². The maximum atomic E-state index is 15.2. The van der Waals surface area contributed by atoms with Crippen molar-refractivity contribution in [2.24, 2.45) is 0 Å². The van der Waals surface area contributed by atoms with Crippen LogP contribution < -0.4 is 9.47 Å². The standard InChI is InChI=1S/C29H32ClF4N3O5S/c1-15(2)41-22-9-8-16(10-19(22)29(32,33)34)24-35-36-25(43-24)18-11-21(31)23(12-20(18)30)39-13-17-14-40-28(6,7)37(17)26(38)42-27(3,4)5/h8-12,15,17H,13-14H2,1-7H3/t17-/m0/s1. The van der Waals surface area contributed by atoms with Gasteiger partial charge in [-0.2, -0.15) is 13.2 Å². The summed E-state index contributed by atoms with van der Waals surface area (Å²) in [5.41, 5.74) is -2.28. The molecule has 2 aromatic carbocycles. The van der Waals surface area contributed by atoms with E-state index in [-0.39, 0.29) is 50.9 Å². The van der Waals surface area contributed by atoms with E-state index in [9.17, 15) is 18.0 Å². The van der Waals surface area contributed by atoms with E-state index in [0.717, 1.165) is 23.5 Å². The van der Waals surface area contributed by atoms with Gasteiger partial charge in [0.15, 0.2) is 11.6 Å². The van der Waals surface area contributed by atoms with Gasteiger partial charge in [-0.15, -0.1) is 10.2 Å². The molecule has 234 valence electrons.